The quantitative estimate of drug-likeness (QED) is 0.590. The monoisotopic (exact) mass is 258 g/mol. The molecule has 0 bridgehead atoms. The lowest BCUT2D eigenvalue weighted by atomic mass is 10.4. The molecule has 2 amide bonds. The van der Waals surface area contributed by atoms with E-state index in [1.165, 1.54) is 4.90 Å². The minimum Gasteiger partial charge on any atom is -0.382 e. The molecule has 0 aliphatic carbocycles. The molecule has 1 saturated heterocycles. The summed E-state index contributed by atoms with van der Waals surface area (Å²) in [5.41, 5.74) is 0. The number of likely N-dealkylation sites (tertiary alicyclic amines) is 1. The highest BCUT2D eigenvalue weighted by atomic mass is 16.5. The molecule has 18 heavy (non-hydrogen) atoms. The highest BCUT2D eigenvalue weighted by Gasteiger charge is 2.20. The maximum absolute atomic E-state index is 11.8. The van der Waals surface area contributed by atoms with E-state index in [-0.39, 0.29) is 25.0 Å². The Hall–Kier alpha value is -1.14. The van der Waals surface area contributed by atoms with Crippen LogP contribution in [0.1, 0.15) is 12.8 Å². The standard InChI is InChI=1S/C12H22N2O4/c1-13(12(16)10-18-8-7-17-2)9-11(15)14-5-3-4-6-14/h3-10H2,1-2H3. The topological polar surface area (TPSA) is 59.1 Å². The van der Waals surface area contributed by atoms with Crippen molar-refractivity contribution >= 4 is 11.8 Å². The second kappa shape index (κ2) is 8.05. The molecule has 0 unspecified atom stereocenters. The number of carbonyl (C=O) groups is 2. The Morgan fingerprint density at radius 1 is 1.22 bits per heavy atom. The van der Waals surface area contributed by atoms with Crippen molar-refractivity contribution < 1.29 is 19.1 Å². The number of ether oxygens (including phenoxy) is 2. The zero-order valence-corrected chi connectivity index (χ0v) is 11.2. The van der Waals surface area contributed by atoms with Crippen LogP contribution in [0.5, 0.6) is 0 Å². The molecule has 1 heterocycles. The predicted molar refractivity (Wildman–Crippen MR) is 66.1 cm³/mol. The van der Waals surface area contributed by atoms with Gasteiger partial charge in [-0.3, -0.25) is 9.59 Å². The van der Waals surface area contributed by atoms with Crippen molar-refractivity contribution in [2.75, 3.05) is 53.6 Å². The smallest absolute Gasteiger partial charge is 0.248 e. The van der Waals surface area contributed by atoms with Gasteiger partial charge in [-0.15, -0.1) is 0 Å². The minimum atomic E-state index is -0.182. The number of methoxy groups -OCH3 is 1. The summed E-state index contributed by atoms with van der Waals surface area (Å²) in [7, 11) is 3.20. The third-order valence-electron chi connectivity index (χ3n) is 2.91. The van der Waals surface area contributed by atoms with E-state index < -0.39 is 0 Å². The molecule has 0 atom stereocenters. The first-order chi connectivity index (χ1) is 8.65. The molecular weight excluding hydrogens is 236 g/mol. The van der Waals surface area contributed by atoms with Gasteiger partial charge in [0.2, 0.25) is 11.8 Å². The largest absolute Gasteiger partial charge is 0.382 e. The molecule has 1 fully saturated rings. The van der Waals surface area contributed by atoms with Crippen molar-refractivity contribution in [1.29, 1.82) is 0 Å². The summed E-state index contributed by atoms with van der Waals surface area (Å²) in [6, 6.07) is 0. The normalized spacial score (nSPS) is 14.9. The van der Waals surface area contributed by atoms with Crippen molar-refractivity contribution in [3.05, 3.63) is 0 Å². The molecule has 0 radical (unpaired) electrons. The number of carbonyl (C=O) groups excluding carboxylic acids is 2. The van der Waals surface area contributed by atoms with Crippen LogP contribution < -0.4 is 0 Å². The van der Waals surface area contributed by atoms with Crippen LogP contribution in [-0.4, -0.2) is 75.2 Å². The van der Waals surface area contributed by atoms with E-state index in [4.69, 9.17) is 9.47 Å². The Labute approximate surface area is 108 Å². The SMILES string of the molecule is COCCOCC(=O)N(C)CC(=O)N1CCCC1. The van der Waals surface area contributed by atoms with Gasteiger partial charge in [0.15, 0.2) is 0 Å². The van der Waals surface area contributed by atoms with Crippen molar-refractivity contribution in [2.24, 2.45) is 0 Å². The predicted octanol–water partition coefficient (Wildman–Crippen LogP) is -0.270. The lowest BCUT2D eigenvalue weighted by molar-refractivity contribution is -0.141. The van der Waals surface area contributed by atoms with E-state index in [9.17, 15) is 9.59 Å². The van der Waals surface area contributed by atoms with Crippen LogP contribution in [0.2, 0.25) is 0 Å². The number of nitrogens with zero attached hydrogens (tertiary/aromatic N) is 2. The molecule has 0 aromatic rings. The summed E-state index contributed by atoms with van der Waals surface area (Å²) in [5.74, 6) is -0.168. The van der Waals surface area contributed by atoms with E-state index >= 15 is 0 Å². The maximum atomic E-state index is 11.8. The van der Waals surface area contributed by atoms with Crippen LogP contribution in [0.25, 0.3) is 0 Å². The van der Waals surface area contributed by atoms with E-state index in [1.54, 1.807) is 19.1 Å². The molecule has 0 aromatic heterocycles. The number of hydrogen-bond donors (Lipinski definition) is 0. The summed E-state index contributed by atoms with van der Waals surface area (Å²) >= 11 is 0. The third-order valence-corrected chi connectivity index (χ3v) is 2.91. The molecule has 0 N–H and O–H groups in total. The molecule has 104 valence electrons. The Balaban J connectivity index is 2.19. The fourth-order valence-electron chi connectivity index (χ4n) is 1.77. The maximum Gasteiger partial charge on any atom is 0.248 e. The molecule has 1 aliphatic heterocycles. The zero-order chi connectivity index (χ0) is 13.4. The van der Waals surface area contributed by atoms with Crippen molar-refractivity contribution in [3.8, 4) is 0 Å². The molecular formula is C12H22N2O4. The Morgan fingerprint density at radius 3 is 2.50 bits per heavy atom. The molecule has 0 spiro atoms. The van der Waals surface area contributed by atoms with Crippen LogP contribution in [0.4, 0.5) is 0 Å². The average Bonchev–Trinajstić information content (AvgIpc) is 2.88. The van der Waals surface area contributed by atoms with Gasteiger partial charge < -0.3 is 19.3 Å². The number of hydrogen-bond acceptors (Lipinski definition) is 4. The van der Waals surface area contributed by atoms with Crippen LogP contribution in [0.15, 0.2) is 0 Å². The van der Waals surface area contributed by atoms with E-state index in [2.05, 4.69) is 0 Å². The molecule has 0 aromatic carbocycles. The number of rotatable bonds is 7. The van der Waals surface area contributed by atoms with Gasteiger partial charge in [-0.25, -0.2) is 0 Å². The van der Waals surface area contributed by atoms with Gasteiger partial charge in [0, 0.05) is 27.2 Å². The van der Waals surface area contributed by atoms with E-state index in [0.29, 0.717) is 13.2 Å². The Bertz CT molecular complexity index is 277. The van der Waals surface area contributed by atoms with Gasteiger partial charge in [-0.1, -0.05) is 0 Å². The summed E-state index contributed by atoms with van der Waals surface area (Å²) in [6.07, 6.45) is 2.12. The van der Waals surface area contributed by atoms with Crippen LogP contribution >= 0.6 is 0 Å². The van der Waals surface area contributed by atoms with Gasteiger partial charge in [0.05, 0.1) is 19.8 Å². The molecule has 1 aliphatic rings. The fraction of sp³-hybridized carbons (Fsp3) is 0.833. The van der Waals surface area contributed by atoms with Crippen LogP contribution in [-0.2, 0) is 19.1 Å². The van der Waals surface area contributed by atoms with Crippen molar-refractivity contribution in [1.82, 2.24) is 9.80 Å². The molecule has 6 nitrogen and oxygen atoms in total. The zero-order valence-electron chi connectivity index (χ0n) is 11.2. The average molecular weight is 258 g/mol. The van der Waals surface area contributed by atoms with Crippen LogP contribution in [0.3, 0.4) is 0 Å². The second-order valence-electron chi connectivity index (χ2n) is 4.38. The number of amides is 2. The summed E-state index contributed by atoms with van der Waals surface area (Å²) < 4.78 is 9.93. The lowest BCUT2D eigenvalue weighted by Crippen LogP contribution is -2.41. The number of likely N-dealkylation sites (N-methyl/N-ethyl adjacent to an activating group) is 1. The van der Waals surface area contributed by atoms with Gasteiger partial charge >= 0.3 is 0 Å². The first-order valence-corrected chi connectivity index (χ1v) is 6.23. The van der Waals surface area contributed by atoms with Crippen molar-refractivity contribution in [3.63, 3.8) is 0 Å². The highest BCUT2D eigenvalue weighted by molar-refractivity contribution is 5.85. The summed E-state index contributed by atoms with van der Waals surface area (Å²) in [6.45, 7) is 2.59. The van der Waals surface area contributed by atoms with E-state index in [1.807, 2.05) is 0 Å². The highest BCUT2D eigenvalue weighted by Crippen LogP contribution is 2.07. The first kappa shape index (κ1) is 14.9. The first-order valence-electron chi connectivity index (χ1n) is 6.23. The second-order valence-corrected chi connectivity index (χ2v) is 4.38. The van der Waals surface area contributed by atoms with Crippen LogP contribution in [0, 0.1) is 0 Å². The molecule has 1 rings (SSSR count). The summed E-state index contributed by atoms with van der Waals surface area (Å²) in [4.78, 5) is 26.7. The van der Waals surface area contributed by atoms with E-state index in [0.717, 1.165) is 25.9 Å². The van der Waals surface area contributed by atoms with Crippen molar-refractivity contribution in [2.45, 2.75) is 12.8 Å². The molecule has 6 heteroatoms. The fourth-order valence-corrected chi connectivity index (χ4v) is 1.77. The summed E-state index contributed by atoms with van der Waals surface area (Å²) in [5, 5.41) is 0. The Morgan fingerprint density at radius 2 is 1.89 bits per heavy atom. The lowest BCUT2D eigenvalue weighted by Gasteiger charge is -2.21. The third kappa shape index (κ3) is 5.01. The van der Waals surface area contributed by atoms with Gasteiger partial charge in [0.1, 0.15) is 6.61 Å². The van der Waals surface area contributed by atoms with Gasteiger partial charge in [0.25, 0.3) is 0 Å². The minimum absolute atomic E-state index is 0.00681. The van der Waals surface area contributed by atoms with Gasteiger partial charge in [-0.2, -0.15) is 0 Å². The molecule has 0 saturated carbocycles. The Kier molecular flexibility index (Phi) is 6.67. The van der Waals surface area contributed by atoms with Gasteiger partial charge in [-0.05, 0) is 12.8 Å².